The number of carbonyl (C=O) groups is 3. The lowest BCUT2D eigenvalue weighted by Gasteiger charge is -2.44. The third kappa shape index (κ3) is 2.90. The van der Waals surface area contributed by atoms with Crippen LogP contribution in [0.4, 0.5) is 0 Å². The van der Waals surface area contributed by atoms with Crippen LogP contribution in [-0.2, 0) is 9.59 Å². The molecule has 0 bridgehead atoms. The number of hydrogen-bond acceptors (Lipinski definition) is 5. The third-order valence-corrected chi connectivity index (χ3v) is 5.11. The smallest absolute Gasteiger partial charge is 0.270 e. The Kier molecular flexibility index (Phi) is 3.78. The summed E-state index contributed by atoms with van der Waals surface area (Å²) in [5.41, 5.74) is 2.86. The molecule has 2 amide bonds. The Morgan fingerprint density at radius 1 is 1.16 bits per heavy atom. The molecule has 1 aromatic rings. The molecule has 7 heteroatoms. The van der Waals surface area contributed by atoms with Crippen LogP contribution in [0.2, 0.25) is 0 Å². The quantitative estimate of drug-likeness (QED) is 0.833. The van der Waals surface area contributed by atoms with Crippen molar-refractivity contribution in [1.82, 2.24) is 10.3 Å². The van der Waals surface area contributed by atoms with Crippen molar-refractivity contribution in [3.05, 3.63) is 29.8 Å². The van der Waals surface area contributed by atoms with Gasteiger partial charge in [-0.2, -0.15) is 5.10 Å². The number of nitrogens with one attached hydrogen (secondary N) is 1. The first kappa shape index (κ1) is 15.8. The van der Waals surface area contributed by atoms with Crippen LogP contribution in [0.25, 0.3) is 0 Å². The number of carbonyl (C=O) groups excluding carboxylic acids is 3. The highest BCUT2D eigenvalue weighted by Gasteiger charge is 2.44. The van der Waals surface area contributed by atoms with Gasteiger partial charge < -0.3 is 9.64 Å². The van der Waals surface area contributed by atoms with Gasteiger partial charge in [0.1, 0.15) is 17.1 Å². The zero-order valence-electron chi connectivity index (χ0n) is 13.8. The molecule has 130 valence electrons. The summed E-state index contributed by atoms with van der Waals surface area (Å²) in [5.74, 6) is 0.429. The first-order valence-electron chi connectivity index (χ1n) is 8.52. The number of Topliss-reactive ketones (excluding diaryl/α,β-unsaturated/α-hetero) is 1. The maximum absolute atomic E-state index is 12.5. The van der Waals surface area contributed by atoms with Crippen LogP contribution in [-0.4, -0.2) is 46.9 Å². The second kappa shape index (κ2) is 5.98. The summed E-state index contributed by atoms with van der Waals surface area (Å²) in [6.45, 7) is 1.03. The number of ether oxygens (including phenoxy) is 1. The van der Waals surface area contributed by atoms with Crippen molar-refractivity contribution in [2.45, 2.75) is 37.7 Å². The van der Waals surface area contributed by atoms with Crippen molar-refractivity contribution in [3.63, 3.8) is 0 Å². The summed E-state index contributed by atoms with van der Waals surface area (Å²) in [5, 5.41) is 3.87. The summed E-state index contributed by atoms with van der Waals surface area (Å²) >= 11 is 0. The molecule has 4 rings (SSSR count). The van der Waals surface area contributed by atoms with E-state index in [1.807, 2.05) is 18.2 Å². The van der Waals surface area contributed by atoms with Gasteiger partial charge in [0.05, 0.1) is 12.0 Å². The fourth-order valence-electron chi connectivity index (χ4n) is 3.65. The first-order valence-corrected chi connectivity index (χ1v) is 8.52. The first-order chi connectivity index (χ1) is 12.1. The van der Waals surface area contributed by atoms with Crippen molar-refractivity contribution in [2.75, 3.05) is 13.1 Å². The zero-order chi connectivity index (χ0) is 17.4. The molecule has 7 nitrogen and oxygen atoms in total. The second-order valence-electron chi connectivity index (χ2n) is 6.77. The van der Waals surface area contributed by atoms with Gasteiger partial charge in [-0.25, -0.2) is 5.43 Å². The van der Waals surface area contributed by atoms with Gasteiger partial charge in [-0.15, -0.1) is 0 Å². The second-order valence-corrected chi connectivity index (χ2v) is 6.77. The normalized spacial score (nSPS) is 21.9. The van der Waals surface area contributed by atoms with Crippen LogP contribution in [0.3, 0.4) is 0 Å². The highest BCUT2D eigenvalue weighted by Crippen LogP contribution is 2.39. The van der Waals surface area contributed by atoms with Crippen molar-refractivity contribution in [3.8, 4) is 5.75 Å². The molecule has 0 saturated carbocycles. The number of piperidine rings is 1. The lowest BCUT2D eigenvalue weighted by molar-refractivity contribution is -0.127. The number of para-hydroxylation sites is 1. The van der Waals surface area contributed by atoms with E-state index in [0.29, 0.717) is 55.8 Å². The van der Waals surface area contributed by atoms with Crippen molar-refractivity contribution >= 4 is 23.3 Å². The number of likely N-dealkylation sites (tertiary alicyclic amines) is 1. The maximum atomic E-state index is 12.5. The van der Waals surface area contributed by atoms with E-state index >= 15 is 0 Å². The highest BCUT2D eigenvalue weighted by molar-refractivity contribution is 6.39. The predicted molar refractivity (Wildman–Crippen MR) is 89.4 cm³/mol. The van der Waals surface area contributed by atoms with E-state index in [0.717, 1.165) is 0 Å². The molecule has 3 heterocycles. The number of benzene rings is 1. The Morgan fingerprint density at radius 2 is 1.92 bits per heavy atom. The monoisotopic (exact) mass is 341 g/mol. The number of ketones is 1. The van der Waals surface area contributed by atoms with Gasteiger partial charge in [0.2, 0.25) is 5.91 Å². The molecule has 1 saturated heterocycles. The summed E-state index contributed by atoms with van der Waals surface area (Å²) in [4.78, 5) is 37.8. The molecule has 1 fully saturated rings. The Labute approximate surface area is 145 Å². The highest BCUT2D eigenvalue weighted by atomic mass is 16.5. The summed E-state index contributed by atoms with van der Waals surface area (Å²) in [7, 11) is 0. The average Bonchev–Trinajstić information content (AvgIpc) is 2.62. The third-order valence-electron chi connectivity index (χ3n) is 5.11. The molecule has 0 unspecified atom stereocenters. The fourth-order valence-corrected chi connectivity index (χ4v) is 3.65. The summed E-state index contributed by atoms with van der Waals surface area (Å²) in [6, 6.07) is 7.31. The molecule has 1 spiro atoms. The van der Waals surface area contributed by atoms with Crippen molar-refractivity contribution in [1.29, 1.82) is 0 Å². The molecule has 0 aliphatic carbocycles. The Balaban J connectivity index is 1.44. The maximum Gasteiger partial charge on any atom is 0.270 e. The van der Waals surface area contributed by atoms with E-state index in [2.05, 4.69) is 10.5 Å². The number of fused-ring (bicyclic) bond motifs is 1. The molecule has 0 radical (unpaired) electrons. The van der Waals surface area contributed by atoms with Gasteiger partial charge in [0.15, 0.2) is 5.78 Å². The molecule has 1 N–H and O–H groups in total. The summed E-state index contributed by atoms with van der Waals surface area (Å²) < 4.78 is 6.17. The Bertz CT molecular complexity index is 778. The van der Waals surface area contributed by atoms with Crippen molar-refractivity contribution in [2.24, 2.45) is 5.10 Å². The fraction of sp³-hybridized carbons (Fsp3) is 0.444. The van der Waals surface area contributed by atoms with Crippen LogP contribution in [0.5, 0.6) is 5.75 Å². The molecular formula is C18H19N3O4. The standard InChI is InChI=1S/C18H19N3O4/c22-14-11-18(25-15-4-2-1-3-12(14)15)7-9-21(10-8-18)17(24)13-5-6-16(23)20-19-13/h1-4H,5-11H2,(H,20,23). The average molecular weight is 341 g/mol. The lowest BCUT2D eigenvalue weighted by atomic mass is 9.82. The van der Waals surface area contributed by atoms with Crippen LogP contribution in [0.15, 0.2) is 29.4 Å². The van der Waals surface area contributed by atoms with Gasteiger partial charge in [-0.05, 0) is 12.1 Å². The number of amides is 2. The topological polar surface area (TPSA) is 88.1 Å². The van der Waals surface area contributed by atoms with Gasteiger partial charge >= 0.3 is 0 Å². The lowest BCUT2D eigenvalue weighted by Crippen LogP contribution is -2.53. The molecule has 3 aliphatic heterocycles. The Hall–Kier alpha value is -2.70. The van der Waals surface area contributed by atoms with Crippen molar-refractivity contribution < 1.29 is 19.1 Å². The van der Waals surface area contributed by atoms with E-state index in [1.165, 1.54) is 0 Å². The molecule has 3 aliphatic rings. The van der Waals surface area contributed by atoms with Gasteiger partial charge in [-0.1, -0.05) is 12.1 Å². The Morgan fingerprint density at radius 3 is 2.64 bits per heavy atom. The molecule has 1 aromatic carbocycles. The minimum Gasteiger partial charge on any atom is -0.486 e. The van der Waals surface area contributed by atoms with Crippen LogP contribution < -0.4 is 10.2 Å². The number of hydrogen-bond donors (Lipinski definition) is 1. The molecule has 0 atom stereocenters. The summed E-state index contributed by atoms with van der Waals surface area (Å²) in [6.07, 6.45) is 2.23. The number of nitrogens with zero attached hydrogens (tertiary/aromatic N) is 2. The minimum absolute atomic E-state index is 0.0981. The number of hydrazone groups is 1. The van der Waals surface area contributed by atoms with E-state index in [1.54, 1.807) is 11.0 Å². The molecule has 0 aromatic heterocycles. The van der Waals surface area contributed by atoms with Crippen LogP contribution in [0, 0.1) is 0 Å². The largest absolute Gasteiger partial charge is 0.486 e. The molecular weight excluding hydrogens is 322 g/mol. The minimum atomic E-state index is -0.523. The zero-order valence-corrected chi connectivity index (χ0v) is 13.8. The van der Waals surface area contributed by atoms with E-state index in [4.69, 9.17) is 4.74 Å². The van der Waals surface area contributed by atoms with Crippen LogP contribution in [0.1, 0.15) is 42.5 Å². The van der Waals surface area contributed by atoms with Gasteiger partial charge in [0.25, 0.3) is 5.91 Å². The van der Waals surface area contributed by atoms with E-state index < -0.39 is 5.60 Å². The van der Waals surface area contributed by atoms with Gasteiger partial charge in [0, 0.05) is 38.8 Å². The van der Waals surface area contributed by atoms with Crippen LogP contribution >= 0.6 is 0 Å². The SMILES string of the molecule is O=C1CCC(C(=O)N2CCC3(CC2)CC(=O)c2ccccc2O3)=NN1. The predicted octanol–water partition coefficient (Wildman–Crippen LogP) is 1.28. The van der Waals surface area contributed by atoms with E-state index in [-0.39, 0.29) is 24.0 Å². The van der Waals surface area contributed by atoms with E-state index in [9.17, 15) is 14.4 Å². The van der Waals surface area contributed by atoms with Gasteiger partial charge in [-0.3, -0.25) is 14.4 Å². The number of rotatable bonds is 1. The molecule has 25 heavy (non-hydrogen) atoms.